The van der Waals surface area contributed by atoms with Crippen molar-refractivity contribution in [2.24, 2.45) is 0 Å². The average molecular weight is 541 g/mol. The molecule has 1 fully saturated rings. The number of hydrogen-bond acceptors (Lipinski definition) is 0. The van der Waals surface area contributed by atoms with Crippen LogP contribution in [-0.2, 0) is 16.2 Å². The summed E-state index contributed by atoms with van der Waals surface area (Å²) in [6.07, 6.45) is 3.16. The van der Waals surface area contributed by atoms with Crippen molar-refractivity contribution < 1.29 is 0 Å². The highest BCUT2D eigenvalue weighted by atomic mass is 14.7. The van der Waals surface area contributed by atoms with E-state index in [9.17, 15) is 0 Å². The van der Waals surface area contributed by atoms with Crippen LogP contribution >= 0.6 is 0 Å². The minimum absolute atomic E-state index is 0.373. The zero-order valence-corrected chi connectivity index (χ0v) is 23.9. The first-order valence-electron chi connectivity index (χ1n) is 15.2. The van der Waals surface area contributed by atoms with Crippen molar-refractivity contribution in [1.82, 2.24) is 0 Å². The summed E-state index contributed by atoms with van der Waals surface area (Å²) in [6.45, 7) is 0. The van der Waals surface area contributed by atoms with Crippen molar-refractivity contribution >= 4 is 0 Å². The molecule has 204 valence electrons. The van der Waals surface area contributed by atoms with Gasteiger partial charge < -0.3 is 0 Å². The number of hydrogen-bond donors (Lipinski definition) is 0. The summed E-state index contributed by atoms with van der Waals surface area (Å²) in [5.41, 5.74) is 6.89. The molecule has 0 spiro atoms. The topological polar surface area (TPSA) is 0 Å². The van der Waals surface area contributed by atoms with Gasteiger partial charge >= 0.3 is 0 Å². The highest BCUT2D eigenvalue weighted by Gasteiger charge is 2.68. The van der Waals surface area contributed by atoms with Gasteiger partial charge in [0.2, 0.25) is 0 Å². The van der Waals surface area contributed by atoms with Crippen LogP contribution in [0.25, 0.3) is 0 Å². The molecule has 1 aliphatic carbocycles. The number of rotatable bonds is 6. The van der Waals surface area contributed by atoms with Crippen LogP contribution in [-0.4, -0.2) is 0 Å². The third kappa shape index (κ3) is 3.75. The van der Waals surface area contributed by atoms with Gasteiger partial charge in [-0.25, -0.2) is 0 Å². The fraction of sp³-hybridized carbons (Fsp3) is 0.143. The van der Waals surface area contributed by atoms with Crippen LogP contribution in [0.4, 0.5) is 0 Å². The third-order valence-corrected chi connectivity index (χ3v) is 9.86. The Morgan fingerprint density at radius 2 is 0.476 bits per heavy atom. The second-order valence-corrected chi connectivity index (χ2v) is 11.6. The molecule has 1 aliphatic rings. The molecule has 0 bridgehead atoms. The Hall–Kier alpha value is -4.68. The van der Waals surface area contributed by atoms with E-state index >= 15 is 0 Å². The Morgan fingerprint density at radius 3 is 0.714 bits per heavy atom. The normalized spacial score (nSPS) is 16.9. The van der Waals surface area contributed by atoms with E-state index in [1.165, 1.54) is 33.4 Å². The van der Waals surface area contributed by atoms with Crippen LogP contribution in [0.3, 0.4) is 0 Å². The lowest BCUT2D eigenvalue weighted by Crippen LogP contribution is -2.65. The van der Waals surface area contributed by atoms with E-state index in [1.807, 2.05) is 0 Å². The van der Waals surface area contributed by atoms with Crippen LogP contribution < -0.4 is 0 Å². The molecule has 1 saturated carbocycles. The highest BCUT2D eigenvalue weighted by Crippen LogP contribution is 2.69. The summed E-state index contributed by atoms with van der Waals surface area (Å²) in [5, 5.41) is 0. The molecule has 0 aromatic heterocycles. The van der Waals surface area contributed by atoms with E-state index in [0.717, 1.165) is 19.3 Å². The van der Waals surface area contributed by atoms with Crippen molar-refractivity contribution in [2.75, 3.05) is 0 Å². The zero-order valence-electron chi connectivity index (χ0n) is 23.9. The van der Waals surface area contributed by atoms with Crippen LogP contribution in [0.1, 0.15) is 52.6 Å². The molecular weight excluding hydrogens is 504 g/mol. The lowest BCUT2D eigenvalue weighted by atomic mass is 9.36. The van der Waals surface area contributed by atoms with Gasteiger partial charge in [0.1, 0.15) is 0 Å². The largest absolute Gasteiger partial charge is 0.0622 e. The maximum Gasteiger partial charge on any atom is 0.0476 e. The van der Waals surface area contributed by atoms with Crippen molar-refractivity contribution in [3.05, 3.63) is 215 Å². The van der Waals surface area contributed by atoms with Gasteiger partial charge in [-0.2, -0.15) is 0 Å². The Bertz CT molecular complexity index is 1500. The maximum atomic E-state index is 2.39. The molecule has 0 radical (unpaired) electrons. The molecule has 7 rings (SSSR count). The van der Waals surface area contributed by atoms with Crippen LogP contribution in [0.2, 0.25) is 0 Å². The SMILES string of the molecule is c1ccc(C2(c3ccccc3)CCCC(c3ccccc3)(c3ccccc3)C2(c2ccccc2)c2ccccc2)cc1. The van der Waals surface area contributed by atoms with Crippen molar-refractivity contribution in [2.45, 2.75) is 35.5 Å². The molecule has 0 aliphatic heterocycles. The van der Waals surface area contributed by atoms with E-state index in [1.54, 1.807) is 0 Å². The van der Waals surface area contributed by atoms with Gasteiger partial charge in [-0.3, -0.25) is 0 Å². The smallest absolute Gasteiger partial charge is 0.0476 e. The Balaban J connectivity index is 1.78. The van der Waals surface area contributed by atoms with Gasteiger partial charge in [0.05, 0.1) is 0 Å². The molecule has 0 atom stereocenters. The molecule has 0 amide bonds. The molecule has 0 heteroatoms. The quantitative estimate of drug-likeness (QED) is 0.197. The minimum atomic E-state index is -0.494. The van der Waals surface area contributed by atoms with Gasteiger partial charge in [0.15, 0.2) is 0 Å². The number of benzene rings is 6. The zero-order chi connectivity index (χ0) is 28.3. The van der Waals surface area contributed by atoms with Crippen LogP contribution in [0, 0.1) is 0 Å². The third-order valence-electron chi connectivity index (χ3n) is 9.86. The molecule has 0 nitrogen and oxygen atoms in total. The van der Waals surface area contributed by atoms with Gasteiger partial charge in [0.25, 0.3) is 0 Å². The predicted octanol–water partition coefficient (Wildman–Crippen LogP) is 10.1. The fourth-order valence-corrected chi connectivity index (χ4v) is 8.55. The van der Waals surface area contributed by atoms with E-state index < -0.39 is 5.41 Å². The first-order valence-corrected chi connectivity index (χ1v) is 15.2. The lowest BCUT2D eigenvalue weighted by Gasteiger charge is -2.65. The van der Waals surface area contributed by atoms with Crippen molar-refractivity contribution in [3.8, 4) is 0 Å². The highest BCUT2D eigenvalue weighted by molar-refractivity contribution is 5.65. The Morgan fingerprint density at radius 1 is 0.262 bits per heavy atom. The van der Waals surface area contributed by atoms with Gasteiger partial charge in [0, 0.05) is 16.2 Å². The van der Waals surface area contributed by atoms with E-state index in [2.05, 4.69) is 182 Å². The van der Waals surface area contributed by atoms with E-state index in [4.69, 9.17) is 0 Å². The molecule has 42 heavy (non-hydrogen) atoms. The van der Waals surface area contributed by atoms with Crippen LogP contribution in [0.15, 0.2) is 182 Å². The van der Waals surface area contributed by atoms with Gasteiger partial charge in [-0.05, 0) is 46.2 Å². The van der Waals surface area contributed by atoms with E-state index in [-0.39, 0.29) is 10.8 Å². The molecule has 0 saturated heterocycles. The standard InChI is InChI=1S/C42H36/c1-7-20-34(21-8-1)40(35-22-9-2-10-23-35)32-19-33-41(36-24-11-3-12-25-36,37-26-13-4-14-27-37)42(40,38-28-15-5-16-29-38)39-30-17-6-18-31-39/h1-18,20-31H,19,32-33H2. The average Bonchev–Trinajstić information content (AvgIpc) is 3.10. The second kappa shape index (κ2) is 11.0. The van der Waals surface area contributed by atoms with Crippen molar-refractivity contribution in [1.29, 1.82) is 0 Å². The van der Waals surface area contributed by atoms with E-state index in [0.29, 0.717) is 0 Å². The lowest BCUT2D eigenvalue weighted by molar-refractivity contribution is 0.123. The second-order valence-electron chi connectivity index (χ2n) is 11.6. The first-order chi connectivity index (χ1) is 20.8. The van der Waals surface area contributed by atoms with Gasteiger partial charge in [-0.1, -0.05) is 188 Å². The molecule has 6 aromatic rings. The van der Waals surface area contributed by atoms with Crippen molar-refractivity contribution in [3.63, 3.8) is 0 Å². The molecule has 0 unspecified atom stereocenters. The summed E-state index contributed by atoms with van der Waals surface area (Å²) in [6, 6.07) is 68.2. The summed E-state index contributed by atoms with van der Waals surface area (Å²) in [5.74, 6) is 0. The summed E-state index contributed by atoms with van der Waals surface area (Å²) < 4.78 is 0. The Kier molecular flexibility index (Phi) is 6.84. The first kappa shape index (κ1) is 26.2. The molecule has 0 heterocycles. The summed E-state index contributed by atoms with van der Waals surface area (Å²) in [4.78, 5) is 0. The summed E-state index contributed by atoms with van der Waals surface area (Å²) in [7, 11) is 0. The Labute approximate surface area is 250 Å². The molecule has 0 N–H and O–H groups in total. The minimum Gasteiger partial charge on any atom is -0.0622 e. The maximum absolute atomic E-state index is 2.39. The monoisotopic (exact) mass is 540 g/mol. The molecule has 6 aromatic carbocycles. The van der Waals surface area contributed by atoms with Gasteiger partial charge in [-0.15, -0.1) is 0 Å². The fourth-order valence-electron chi connectivity index (χ4n) is 8.55. The molecular formula is C42H36. The van der Waals surface area contributed by atoms with Crippen LogP contribution in [0.5, 0.6) is 0 Å². The predicted molar refractivity (Wildman–Crippen MR) is 175 cm³/mol. The summed E-state index contributed by atoms with van der Waals surface area (Å²) >= 11 is 0.